The third-order valence-electron chi connectivity index (χ3n) is 7.21. The Hall–Kier alpha value is -3.02. The molecule has 0 unspecified atom stereocenters. The number of nitrogens with zero attached hydrogens (tertiary/aromatic N) is 1. The van der Waals surface area contributed by atoms with Crippen LogP contribution in [0.5, 0.6) is 0 Å². The van der Waals surface area contributed by atoms with Crippen LogP contribution in [0, 0.1) is 5.41 Å². The summed E-state index contributed by atoms with van der Waals surface area (Å²) in [5.41, 5.74) is 4.58. The van der Waals surface area contributed by atoms with Crippen molar-refractivity contribution in [3.05, 3.63) is 34.3 Å². The van der Waals surface area contributed by atoms with E-state index in [-0.39, 0.29) is 24.2 Å². The van der Waals surface area contributed by atoms with Crippen molar-refractivity contribution in [3.8, 4) is 0 Å². The lowest BCUT2D eigenvalue weighted by Gasteiger charge is -2.40. The second kappa shape index (κ2) is 13.7. The van der Waals surface area contributed by atoms with Gasteiger partial charge in [0.05, 0.1) is 6.04 Å². The number of hydrogen-bond donors (Lipinski definition) is 5. The van der Waals surface area contributed by atoms with Crippen LogP contribution in [0.4, 0.5) is 4.39 Å². The van der Waals surface area contributed by atoms with Crippen molar-refractivity contribution in [1.29, 1.82) is 5.41 Å². The Morgan fingerprint density at radius 2 is 1.82 bits per heavy atom. The van der Waals surface area contributed by atoms with Gasteiger partial charge < -0.3 is 26.6 Å². The van der Waals surface area contributed by atoms with Crippen LogP contribution in [0.2, 0.25) is 0 Å². The number of amides is 3. The minimum absolute atomic E-state index is 0.169. The summed E-state index contributed by atoms with van der Waals surface area (Å²) in [6.45, 7) is -0.559. The molecule has 3 amide bonds. The molecule has 10 nitrogen and oxygen atoms in total. The van der Waals surface area contributed by atoms with Gasteiger partial charge in [0.2, 0.25) is 11.8 Å². The first-order valence-corrected chi connectivity index (χ1v) is 13.8. The molecule has 1 aromatic carbocycles. The summed E-state index contributed by atoms with van der Waals surface area (Å²) in [7, 11) is 0. The molecule has 208 valence electrons. The molecular weight excluding hydrogens is 559 g/mol. The van der Waals surface area contributed by atoms with E-state index in [4.69, 9.17) is 11.1 Å². The van der Waals surface area contributed by atoms with E-state index in [0.717, 1.165) is 23.7 Å². The Morgan fingerprint density at radius 3 is 2.45 bits per heavy atom. The number of carbonyl (C=O) groups excluding carboxylic acids is 4. The maximum absolute atomic E-state index is 14.0. The Morgan fingerprint density at radius 1 is 1.13 bits per heavy atom. The standard InChI is InChI=1S/C26H36BrFN6O4/c27-18-10-8-17(9-11-18)22(36)33-26(12-2-1-3-13-26)24(38)34-15-5-7-20(34)23(37)32-19(21(35)16-28)6-4-14-31-25(29)30/h8-11,19-20H,1-7,12-16H2,(H,32,37)(H,33,36)(H4,29,30,31)/t19-,20-/m0/s1. The highest BCUT2D eigenvalue weighted by Gasteiger charge is 2.47. The van der Waals surface area contributed by atoms with E-state index in [1.165, 1.54) is 4.90 Å². The highest BCUT2D eigenvalue weighted by molar-refractivity contribution is 9.10. The summed E-state index contributed by atoms with van der Waals surface area (Å²) in [6, 6.07) is 5.03. The van der Waals surface area contributed by atoms with Crippen molar-refractivity contribution < 1.29 is 23.6 Å². The molecule has 1 aliphatic heterocycles. The Balaban J connectivity index is 1.73. The third kappa shape index (κ3) is 7.52. The number of nitrogens with two attached hydrogens (primary N) is 1. The van der Waals surface area contributed by atoms with Gasteiger partial charge in [0, 0.05) is 23.1 Å². The van der Waals surface area contributed by atoms with Crippen molar-refractivity contribution >= 4 is 45.4 Å². The summed E-state index contributed by atoms with van der Waals surface area (Å²) >= 11 is 3.36. The predicted molar refractivity (Wildman–Crippen MR) is 144 cm³/mol. The zero-order chi connectivity index (χ0) is 27.7. The summed E-state index contributed by atoms with van der Waals surface area (Å²) in [6.07, 6.45) is 5.03. The topological polar surface area (TPSA) is 157 Å². The number of benzene rings is 1. The molecule has 1 saturated heterocycles. The second-order valence-corrected chi connectivity index (χ2v) is 10.8. The summed E-state index contributed by atoms with van der Waals surface area (Å²) in [5, 5.41) is 15.4. The van der Waals surface area contributed by atoms with Crippen LogP contribution in [0.3, 0.4) is 0 Å². The number of ketones is 1. The summed E-state index contributed by atoms with van der Waals surface area (Å²) in [5.74, 6) is -2.11. The minimum atomic E-state index is -1.22. The molecule has 3 rings (SSSR count). The monoisotopic (exact) mass is 594 g/mol. The third-order valence-corrected chi connectivity index (χ3v) is 7.74. The number of carbonyl (C=O) groups is 4. The normalized spacial score (nSPS) is 19.3. The molecule has 0 spiro atoms. The number of likely N-dealkylation sites (tertiary alicyclic amines) is 1. The average molecular weight is 596 g/mol. The van der Waals surface area contributed by atoms with Gasteiger partial charge in [-0.25, -0.2) is 4.39 Å². The smallest absolute Gasteiger partial charge is 0.252 e. The zero-order valence-electron chi connectivity index (χ0n) is 21.4. The first-order valence-electron chi connectivity index (χ1n) is 13.0. The Kier molecular flexibility index (Phi) is 10.6. The molecule has 2 aliphatic rings. The fraction of sp³-hybridized carbons (Fsp3) is 0.577. The van der Waals surface area contributed by atoms with E-state index in [1.54, 1.807) is 24.3 Å². The quantitative estimate of drug-likeness (QED) is 0.150. The number of guanidine groups is 1. The van der Waals surface area contributed by atoms with Gasteiger partial charge in [-0.15, -0.1) is 0 Å². The van der Waals surface area contributed by atoms with E-state index in [0.29, 0.717) is 50.8 Å². The van der Waals surface area contributed by atoms with E-state index in [1.807, 2.05) is 0 Å². The second-order valence-electron chi connectivity index (χ2n) is 9.90. The molecule has 6 N–H and O–H groups in total. The molecule has 2 atom stereocenters. The van der Waals surface area contributed by atoms with Crippen molar-refractivity contribution in [2.75, 3.05) is 19.8 Å². The van der Waals surface area contributed by atoms with Gasteiger partial charge in [-0.3, -0.25) is 24.6 Å². The molecule has 1 heterocycles. The van der Waals surface area contributed by atoms with Crippen molar-refractivity contribution in [2.24, 2.45) is 5.73 Å². The van der Waals surface area contributed by atoms with Gasteiger partial charge in [-0.05, 0) is 62.8 Å². The highest BCUT2D eigenvalue weighted by Crippen LogP contribution is 2.33. The van der Waals surface area contributed by atoms with Crippen LogP contribution in [-0.4, -0.2) is 71.8 Å². The molecule has 1 aliphatic carbocycles. The number of hydrogen-bond acceptors (Lipinski definition) is 5. The fourth-order valence-electron chi connectivity index (χ4n) is 5.20. The van der Waals surface area contributed by atoms with E-state index in [2.05, 4.69) is 31.9 Å². The predicted octanol–water partition coefficient (Wildman–Crippen LogP) is 2.16. The molecular formula is C26H36BrFN6O4. The number of rotatable bonds is 11. The number of halogens is 2. The first kappa shape index (κ1) is 29.5. The van der Waals surface area contributed by atoms with Crippen LogP contribution < -0.4 is 21.7 Å². The van der Waals surface area contributed by atoms with Crippen LogP contribution in [0.1, 0.15) is 68.1 Å². The van der Waals surface area contributed by atoms with Crippen LogP contribution in [0.15, 0.2) is 28.7 Å². The van der Waals surface area contributed by atoms with Crippen LogP contribution in [0.25, 0.3) is 0 Å². The van der Waals surface area contributed by atoms with E-state index in [9.17, 15) is 23.6 Å². The van der Waals surface area contributed by atoms with Crippen molar-refractivity contribution in [2.45, 2.75) is 75.4 Å². The Bertz CT molecular complexity index is 1030. The van der Waals surface area contributed by atoms with Crippen molar-refractivity contribution in [1.82, 2.24) is 20.9 Å². The largest absolute Gasteiger partial charge is 0.370 e. The van der Waals surface area contributed by atoms with Gasteiger partial charge in [0.25, 0.3) is 5.91 Å². The Labute approximate surface area is 230 Å². The lowest BCUT2D eigenvalue weighted by Crippen LogP contribution is -2.63. The number of nitrogens with one attached hydrogen (secondary N) is 4. The molecule has 0 bridgehead atoms. The maximum Gasteiger partial charge on any atom is 0.252 e. The summed E-state index contributed by atoms with van der Waals surface area (Å²) < 4.78 is 14.0. The van der Waals surface area contributed by atoms with Crippen molar-refractivity contribution in [3.63, 3.8) is 0 Å². The van der Waals surface area contributed by atoms with Crippen LogP contribution >= 0.6 is 15.9 Å². The molecule has 1 saturated carbocycles. The molecule has 12 heteroatoms. The fourth-order valence-corrected chi connectivity index (χ4v) is 5.46. The van der Waals surface area contributed by atoms with E-state index < -0.39 is 36.0 Å². The summed E-state index contributed by atoms with van der Waals surface area (Å²) in [4.78, 5) is 54.0. The lowest BCUT2D eigenvalue weighted by molar-refractivity contribution is -0.145. The molecule has 38 heavy (non-hydrogen) atoms. The average Bonchev–Trinajstić information content (AvgIpc) is 3.40. The van der Waals surface area contributed by atoms with Gasteiger partial charge in [0.15, 0.2) is 11.7 Å². The lowest BCUT2D eigenvalue weighted by atomic mass is 9.80. The van der Waals surface area contributed by atoms with E-state index >= 15 is 0 Å². The van der Waals surface area contributed by atoms with Gasteiger partial charge in [-0.1, -0.05) is 35.2 Å². The van der Waals surface area contributed by atoms with Crippen LogP contribution in [-0.2, 0) is 14.4 Å². The van der Waals surface area contributed by atoms with Gasteiger partial charge in [-0.2, -0.15) is 0 Å². The molecule has 0 aromatic heterocycles. The maximum atomic E-state index is 14.0. The molecule has 1 aromatic rings. The minimum Gasteiger partial charge on any atom is -0.370 e. The number of Topliss-reactive ketones (excluding diaryl/α,β-unsaturated/α-hetero) is 1. The number of alkyl halides is 1. The van der Waals surface area contributed by atoms with Gasteiger partial charge in [0.1, 0.15) is 18.3 Å². The molecule has 0 radical (unpaired) electrons. The zero-order valence-corrected chi connectivity index (χ0v) is 22.9. The molecule has 2 fully saturated rings. The van der Waals surface area contributed by atoms with Gasteiger partial charge >= 0.3 is 0 Å². The SMILES string of the molecule is N=C(N)NCCC[C@H](NC(=O)[C@@H]1CCCN1C(=O)C1(NC(=O)c2ccc(Br)cc2)CCCCC1)C(=O)CF. The highest BCUT2D eigenvalue weighted by atomic mass is 79.9. The first-order chi connectivity index (χ1) is 18.2.